The van der Waals surface area contributed by atoms with Crippen LogP contribution in [0.5, 0.6) is 0 Å². The average Bonchev–Trinajstić information content (AvgIpc) is 3.10. The van der Waals surface area contributed by atoms with Gasteiger partial charge >= 0.3 is 0 Å². The zero-order valence-corrected chi connectivity index (χ0v) is 14.8. The fraction of sp³-hybridized carbons (Fsp3) is 0.526. The average molecular weight is 342 g/mol. The molecule has 25 heavy (non-hydrogen) atoms. The molecule has 134 valence electrons. The van der Waals surface area contributed by atoms with E-state index in [-0.39, 0.29) is 11.8 Å². The topological polar surface area (TPSA) is 65.0 Å². The first-order valence-corrected chi connectivity index (χ1v) is 9.11. The molecule has 6 heteroatoms. The van der Waals surface area contributed by atoms with Gasteiger partial charge < -0.3 is 5.32 Å². The van der Waals surface area contributed by atoms with E-state index < -0.39 is 0 Å². The maximum atomic E-state index is 12.5. The van der Waals surface area contributed by atoms with Gasteiger partial charge in [0.1, 0.15) is 5.71 Å². The number of likely N-dealkylation sites (N-methyl/N-ethyl adjacent to an activating group) is 1. The Bertz CT molecular complexity index is 644. The molecule has 0 bridgehead atoms. The summed E-state index contributed by atoms with van der Waals surface area (Å²) in [6.45, 7) is 5.33. The SMILES string of the molecule is CCN1CCCC1CNC(=O)C1=NN(Cc2ccccc2)C(=O)CC1. The number of rotatable bonds is 6. The molecule has 2 aliphatic heterocycles. The highest BCUT2D eigenvalue weighted by atomic mass is 16.2. The molecule has 1 fully saturated rings. The third kappa shape index (κ3) is 4.45. The van der Waals surface area contributed by atoms with E-state index >= 15 is 0 Å². The molecule has 0 aliphatic carbocycles. The lowest BCUT2D eigenvalue weighted by atomic mass is 10.1. The second-order valence-corrected chi connectivity index (χ2v) is 6.62. The van der Waals surface area contributed by atoms with Crippen LogP contribution in [-0.2, 0) is 16.1 Å². The van der Waals surface area contributed by atoms with E-state index in [0.717, 1.165) is 25.1 Å². The van der Waals surface area contributed by atoms with E-state index in [2.05, 4.69) is 22.2 Å². The Hall–Kier alpha value is -2.21. The molecule has 6 nitrogen and oxygen atoms in total. The standard InChI is InChI=1S/C19H26N4O2/c1-2-22-12-6-9-16(22)13-20-19(25)17-10-11-18(24)23(21-17)14-15-7-4-3-5-8-15/h3-5,7-8,16H,2,6,9-14H2,1H3,(H,20,25). The van der Waals surface area contributed by atoms with Crippen molar-refractivity contribution in [2.75, 3.05) is 19.6 Å². The van der Waals surface area contributed by atoms with Crippen LogP contribution in [0.25, 0.3) is 0 Å². The number of hydrazone groups is 1. The van der Waals surface area contributed by atoms with Gasteiger partial charge in [0.2, 0.25) is 5.91 Å². The summed E-state index contributed by atoms with van der Waals surface area (Å²) in [4.78, 5) is 26.9. The molecular weight excluding hydrogens is 316 g/mol. The predicted molar refractivity (Wildman–Crippen MR) is 96.9 cm³/mol. The Morgan fingerprint density at radius 2 is 2.08 bits per heavy atom. The second-order valence-electron chi connectivity index (χ2n) is 6.62. The quantitative estimate of drug-likeness (QED) is 0.857. The Balaban J connectivity index is 1.59. The predicted octanol–water partition coefficient (Wildman–Crippen LogP) is 1.77. The summed E-state index contributed by atoms with van der Waals surface area (Å²) in [5, 5.41) is 8.74. The van der Waals surface area contributed by atoms with Crippen LogP contribution in [0.1, 0.15) is 38.2 Å². The number of carbonyl (C=O) groups excluding carboxylic acids is 2. The fourth-order valence-electron chi connectivity index (χ4n) is 3.50. The first-order valence-electron chi connectivity index (χ1n) is 9.11. The summed E-state index contributed by atoms with van der Waals surface area (Å²) in [6.07, 6.45) is 3.07. The lowest BCUT2D eigenvalue weighted by Gasteiger charge is -2.25. The van der Waals surface area contributed by atoms with Crippen molar-refractivity contribution in [2.45, 2.75) is 45.2 Å². The number of likely N-dealkylation sites (tertiary alicyclic amines) is 1. The van der Waals surface area contributed by atoms with Crippen molar-refractivity contribution >= 4 is 17.5 Å². The molecule has 3 rings (SSSR count). The van der Waals surface area contributed by atoms with Crippen molar-refractivity contribution in [1.29, 1.82) is 0 Å². The summed E-state index contributed by atoms with van der Waals surface area (Å²) < 4.78 is 0. The maximum absolute atomic E-state index is 12.5. The van der Waals surface area contributed by atoms with E-state index in [0.29, 0.717) is 37.7 Å². The van der Waals surface area contributed by atoms with Gasteiger partial charge in [0, 0.05) is 25.4 Å². The molecule has 0 spiro atoms. The molecule has 2 aliphatic rings. The van der Waals surface area contributed by atoms with Gasteiger partial charge in [-0.25, -0.2) is 5.01 Å². The number of amides is 2. The Morgan fingerprint density at radius 1 is 1.28 bits per heavy atom. The summed E-state index contributed by atoms with van der Waals surface area (Å²) in [5.41, 5.74) is 1.46. The molecule has 0 radical (unpaired) electrons. The minimum absolute atomic E-state index is 0.0339. The molecular formula is C19H26N4O2. The van der Waals surface area contributed by atoms with Crippen molar-refractivity contribution in [2.24, 2.45) is 5.10 Å². The van der Waals surface area contributed by atoms with E-state index in [1.165, 1.54) is 11.4 Å². The van der Waals surface area contributed by atoms with Crippen molar-refractivity contribution < 1.29 is 9.59 Å². The molecule has 2 amide bonds. The van der Waals surface area contributed by atoms with E-state index in [1.54, 1.807) is 0 Å². The number of carbonyl (C=O) groups is 2. The monoisotopic (exact) mass is 342 g/mol. The molecule has 1 N–H and O–H groups in total. The number of hydrogen-bond donors (Lipinski definition) is 1. The highest BCUT2D eigenvalue weighted by molar-refractivity contribution is 6.39. The van der Waals surface area contributed by atoms with Crippen LogP contribution < -0.4 is 5.32 Å². The van der Waals surface area contributed by atoms with Gasteiger partial charge in [0.05, 0.1) is 6.54 Å². The zero-order chi connectivity index (χ0) is 17.6. The van der Waals surface area contributed by atoms with Gasteiger partial charge in [-0.05, 0) is 31.5 Å². The van der Waals surface area contributed by atoms with Crippen LogP contribution in [0, 0.1) is 0 Å². The number of hydrogen-bond acceptors (Lipinski definition) is 4. The number of nitrogens with zero attached hydrogens (tertiary/aromatic N) is 3. The molecule has 1 unspecified atom stereocenters. The summed E-state index contributed by atoms with van der Waals surface area (Å²) in [7, 11) is 0. The van der Waals surface area contributed by atoms with Gasteiger partial charge in [-0.3, -0.25) is 14.5 Å². The fourth-order valence-corrected chi connectivity index (χ4v) is 3.50. The molecule has 1 atom stereocenters. The summed E-state index contributed by atoms with van der Waals surface area (Å²) in [5.74, 6) is -0.179. The Labute approximate surface area is 148 Å². The van der Waals surface area contributed by atoms with Gasteiger partial charge in [0.25, 0.3) is 5.91 Å². The highest BCUT2D eigenvalue weighted by Crippen LogP contribution is 2.16. The van der Waals surface area contributed by atoms with Crippen LogP contribution in [0.3, 0.4) is 0 Å². The molecule has 1 aromatic carbocycles. The molecule has 1 saturated heterocycles. The van der Waals surface area contributed by atoms with E-state index in [1.807, 2.05) is 30.3 Å². The molecule has 0 aromatic heterocycles. The maximum Gasteiger partial charge on any atom is 0.267 e. The van der Waals surface area contributed by atoms with Crippen molar-refractivity contribution in [3.8, 4) is 0 Å². The van der Waals surface area contributed by atoms with Crippen molar-refractivity contribution in [3.05, 3.63) is 35.9 Å². The van der Waals surface area contributed by atoms with E-state index in [4.69, 9.17) is 0 Å². The van der Waals surface area contributed by atoms with Crippen LogP contribution in [0.4, 0.5) is 0 Å². The van der Waals surface area contributed by atoms with Gasteiger partial charge in [-0.1, -0.05) is 37.3 Å². The Morgan fingerprint density at radius 3 is 2.84 bits per heavy atom. The third-order valence-corrected chi connectivity index (χ3v) is 4.95. The number of nitrogens with one attached hydrogen (secondary N) is 1. The van der Waals surface area contributed by atoms with Gasteiger partial charge in [-0.2, -0.15) is 5.10 Å². The molecule has 2 heterocycles. The molecule has 0 saturated carbocycles. The largest absolute Gasteiger partial charge is 0.349 e. The number of benzene rings is 1. The molecule has 1 aromatic rings. The summed E-state index contributed by atoms with van der Waals surface area (Å²) in [6, 6.07) is 10.1. The first-order chi connectivity index (χ1) is 12.2. The minimum Gasteiger partial charge on any atom is -0.349 e. The van der Waals surface area contributed by atoms with Crippen LogP contribution in [0.2, 0.25) is 0 Å². The lowest BCUT2D eigenvalue weighted by molar-refractivity contribution is -0.132. The third-order valence-electron chi connectivity index (χ3n) is 4.95. The highest BCUT2D eigenvalue weighted by Gasteiger charge is 2.27. The normalized spacial score (nSPS) is 21.3. The lowest BCUT2D eigenvalue weighted by Crippen LogP contribution is -2.44. The zero-order valence-electron chi connectivity index (χ0n) is 14.8. The summed E-state index contributed by atoms with van der Waals surface area (Å²) >= 11 is 0. The van der Waals surface area contributed by atoms with E-state index in [9.17, 15) is 9.59 Å². The minimum atomic E-state index is -0.145. The Kier molecular flexibility index (Phi) is 5.81. The first kappa shape index (κ1) is 17.6. The van der Waals surface area contributed by atoms with Crippen LogP contribution in [0.15, 0.2) is 35.4 Å². The smallest absolute Gasteiger partial charge is 0.267 e. The van der Waals surface area contributed by atoms with Gasteiger partial charge in [-0.15, -0.1) is 0 Å². The van der Waals surface area contributed by atoms with Crippen LogP contribution >= 0.6 is 0 Å². The van der Waals surface area contributed by atoms with Crippen LogP contribution in [-0.4, -0.2) is 53.1 Å². The van der Waals surface area contributed by atoms with Crippen molar-refractivity contribution in [1.82, 2.24) is 15.2 Å². The van der Waals surface area contributed by atoms with Gasteiger partial charge in [0.15, 0.2) is 0 Å². The van der Waals surface area contributed by atoms with Crippen molar-refractivity contribution in [3.63, 3.8) is 0 Å². The second kappa shape index (κ2) is 8.25.